The van der Waals surface area contributed by atoms with Crippen LogP contribution in [0.1, 0.15) is 27.7 Å². The van der Waals surface area contributed by atoms with E-state index in [-0.39, 0.29) is 6.54 Å². The predicted octanol–water partition coefficient (Wildman–Crippen LogP) is 0.131. The molecule has 0 aromatic heterocycles. The van der Waals surface area contributed by atoms with Crippen molar-refractivity contribution in [1.82, 2.24) is 10.6 Å². The van der Waals surface area contributed by atoms with Gasteiger partial charge in [0.2, 0.25) is 0 Å². The molecule has 0 aromatic carbocycles. The van der Waals surface area contributed by atoms with Crippen LogP contribution in [0.25, 0.3) is 0 Å². The largest absolute Gasteiger partial charge is 0.387 e. The zero-order chi connectivity index (χ0) is 13.7. The Morgan fingerprint density at radius 1 is 1.18 bits per heavy atom. The van der Waals surface area contributed by atoms with Crippen molar-refractivity contribution in [2.75, 3.05) is 18.6 Å². The highest BCUT2D eigenvalue weighted by Gasteiger charge is 2.24. The quantitative estimate of drug-likeness (QED) is 0.629. The molecule has 0 aromatic rings. The summed E-state index contributed by atoms with van der Waals surface area (Å²) in [5.41, 5.74) is -1.45. The minimum atomic E-state index is -1.00. The van der Waals surface area contributed by atoms with Gasteiger partial charge < -0.3 is 15.7 Å². The first kappa shape index (κ1) is 16.2. The van der Waals surface area contributed by atoms with Crippen molar-refractivity contribution in [1.29, 1.82) is 0 Å². The minimum absolute atomic E-state index is 0.0598. The van der Waals surface area contributed by atoms with Crippen molar-refractivity contribution >= 4 is 23.6 Å². The summed E-state index contributed by atoms with van der Waals surface area (Å²) < 4.78 is 0. The third kappa shape index (κ3) is 8.04. The van der Waals surface area contributed by atoms with Crippen molar-refractivity contribution < 1.29 is 14.7 Å². The molecule has 0 aliphatic rings. The normalized spacial score (nSPS) is 14.9. The van der Waals surface area contributed by atoms with Crippen LogP contribution in [0.3, 0.4) is 0 Å². The summed E-state index contributed by atoms with van der Waals surface area (Å²) in [5, 5.41) is 14.8. The van der Waals surface area contributed by atoms with E-state index in [9.17, 15) is 14.7 Å². The summed E-state index contributed by atoms with van der Waals surface area (Å²) in [5.74, 6) is -0.910. The molecule has 100 valence electrons. The van der Waals surface area contributed by atoms with Gasteiger partial charge in [0.15, 0.2) is 0 Å². The van der Waals surface area contributed by atoms with E-state index >= 15 is 0 Å². The van der Waals surface area contributed by atoms with Crippen LogP contribution in [0.5, 0.6) is 0 Å². The van der Waals surface area contributed by atoms with Crippen molar-refractivity contribution in [3.8, 4) is 0 Å². The highest BCUT2D eigenvalue weighted by atomic mass is 32.2. The standard InChI is InChI=1S/C11H22N2O3S/c1-10(2,3)13-9(15)8(14)12-6-11(4,16)7-17-5/h16H,6-7H2,1-5H3,(H,12,14)(H,13,15). The molecule has 0 aliphatic heterocycles. The number of nitrogens with one attached hydrogen (secondary N) is 2. The second kappa shape index (κ2) is 6.26. The molecule has 0 spiro atoms. The summed E-state index contributed by atoms with van der Waals surface area (Å²) in [6.45, 7) is 7.06. The Morgan fingerprint density at radius 3 is 2.12 bits per heavy atom. The fraction of sp³-hybridized carbons (Fsp3) is 0.818. The lowest BCUT2D eigenvalue weighted by molar-refractivity contribution is -0.140. The summed E-state index contributed by atoms with van der Waals surface area (Å²) in [4.78, 5) is 22.9. The van der Waals surface area contributed by atoms with Gasteiger partial charge in [-0.05, 0) is 34.0 Å². The monoisotopic (exact) mass is 262 g/mol. The number of hydrogen-bond acceptors (Lipinski definition) is 4. The molecule has 5 nitrogen and oxygen atoms in total. The van der Waals surface area contributed by atoms with Crippen LogP contribution < -0.4 is 10.6 Å². The van der Waals surface area contributed by atoms with Gasteiger partial charge in [-0.15, -0.1) is 0 Å². The summed E-state index contributed by atoms with van der Waals surface area (Å²) in [7, 11) is 0. The zero-order valence-electron chi connectivity index (χ0n) is 11.1. The van der Waals surface area contributed by atoms with Crippen LogP contribution in [0.4, 0.5) is 0 Å². The van der Waals surface area contributed by atoms with E-state index in [4.69, 9.17) is 0 Å². The molecule has 0 saturated carbocycles. The van der Waals surface area contributed by atoms with Gasteiger partial charge in [0, 0.05) is 17.8 Å². The lowest BCUT2D eigenvalue weighted by Gasteiger charge is -2.23. The van der Waals surface area contributed by atoms with Crippen molar-refractivity contribution in [2.24, 2.45) is 0 Å². The first-order valence-corrected chi connectivity index (χ1v) is 6.78. The molecule has 1 unspecified atom stereocenters. The SMILES string of the molecule is CSCC(C)(O)CNC(=O)C(=O)NC(C)(C)C. The van der Waals surface area contributed by atoms with E-state index in [0.29, 0.717) is 5.75 Å². The van der Waals surface area contributed by atoms with E-state index in [2.05, 4.69) is 10.6 Å². The lowest BCUT2D eigenvalue weighted by atomic mass is 10.1. The van der Waals surface area contributed by atoms with Gasteiger partial charge in [-0.3, -0.25) is 9.59 Å². The van der Waals surface area contributed by atoms with E-state index in [0.717, 1.165) is 0 Å². The molecule has 0 radical (unpaired) electrons. The Balaban J connectivity index is 4.15. The van der Waals surface area contributed by atoms with Crippen LogP contribution >= 0.6 is 11.8 Å². The smallest absolute Gasteiger partial charge is 0.309 e. The van der Waals surface area contributed by atoms with Crippen molar-refractivity contribution in [3.63, 3.8) is 0 Å². The highest BCUT2D eigenvalue weighted by molar-refractivity contribution is 7.98. The molecule has 2 amide bonds. The first-order valence-electron chi connectivity index (χ1n) is 5.39. The van der Waals surface area contributed by atoms with E-state index in [1.165, 1.54) is 11.8 Å². The topological polar surface area (TPSA) is 78.4 Å². The van der Waals surface area contributed by atoms with E-state index in [1.54, 1.807) is 27.7 Å². The number of amides is 2. The molecule has 6 heteroatoms. The molecule has 3 N–H and O–H groups in total. The molecule has 0 fully saturated rings. The second-order valence-electron chi connectivity index (χ2n) is 5.32. The Kier molecular flexibility index (Phi) is 5.98. The Bertz CT molecular complexity index is 285. The van der Waals surface area contributed by atoms with Crippen LogP contribution in [-0.4, -0.2) is 46.6 Å². The van der Waals surface area contributed by atoms with Gasteiger partial charge in [0.25, 0.3) is 0 Å². The molecular formula is C11H22N2O3S. The van der Waals surface area contributed by atoms with E-state index < -0.39 is 23.0 Å². The number of carbonyl (C=O) groups excluding carboxylic acids is 2. The summed E-state index contributed by atoms with van der Waals surface area (Å²) in [6.07, 6.45) is 1.86. The number of rotatable bonds is 4. The van der Waals surface area contributed by atoms with Crippen molar-refractivity contribution in [3.05, 3.63) is 0 Å². The van der Waals surface area contributed by atoms with Crippen LogP contribution in [-0.2, 0) is 9.59 Å². The third-order valence-electron chi connectivity index (χ3n) is 1.78. The van der Waals surface area contributed by atoms with Gasteiger partial charge in [-0.1, -0.05) is 0 Å². The first-order chi connectivity index (χ1) is 7.57. The predicted molar refractivity (Wildman–Crippen MR) is 69.9 cm³/mol. The Hall–Kier alpha value is -0.750. The van der Waals surface area contributed by atoms with Crippen LogP contribution in [0, 0.1) is 0 Å². The Labute approximate surface area is 107 Å². The summed E-state index contributed by atoms with van der Waals surface area (Å²) in [6, 6.07) is 0. The fourth-order valence-corrected chi connectivity index (χ4v) is 1.83. The maximum absolute atomic E-state index is 11.4. The molecule has 0 aliphatic carbocycles. The number of hydrogen-bond donors (Lipinski definition) is 3. The van der Waals surface area contributed by atoms with Gasteiger partial charge in [0.05, 0.1) is 5.60 Å². The molecule has 1 atom stereocenters. The fourth-order valence-electron chi connectivity index (χ4n) is 1.11. The molecular weight excluding hydrogens is 240 g/mol. The molecule has 0 heterocycles. The molecule has 0 rings (SSSR count). The number of carbonyl (C=O) groups is 2. The maximum Gasteiger partial charge on any atom is 0.309 e. The highest BCUT2D eigenvalue weighted by Crippen LogP contribution is 2.08. The number of thioether (sulfide) groups is 1. The maximum atomic E-state index is 11.4. The average molecular weight is 262 g/mol. The van der Waals surface area contributed by atoms with Gasteiger partial charge >= 0.3 is 11.8 Å². The van der Waals surface area contributed by atoms with Crippen molar-refractivity contribution in [2.45, 2.75) is 38.8 Å². The third-order valence-corrected chi connectivity index (χ3v) is 2.69. The van der Waals surface area contributed by atoms with E-state index in [1.807, 2.05) is 6.26 Å². The summed E-state index contributed by atoms with van der Waals surface area (Å²) >= 11 is 1.48. The average Bonchev–Trinajstić information content (AvgIpc) is 2.11. The van der Waals surface area contributed by atoms with Crippen LogP contribution in [0.2, 0.25) is 0 Å². The zero-order valence-corrected chi connectivity index (χ0v) is 11.9. The lowest BCUT2D eigenvalue weighted by Crippen LogP contribution is -2.51. The van der Waals surface area contributed by atoms with Gasteiger partial charge in [-0.25, -0.2) is 0 Å². The molecule has 0 saturated heterocycles. The van der Waals surface area contributed by atoms with Gasteiger partial charge in [0.1, 0.15) is 0 Å². The van der Waals surface area contributed by atoms with Gasteiger partial charge in [-0.2, -0.15) is 11.8 Å². The second-order valence-corrected chi connectivity index (χ2v) is 6.18. The van der Waals surface area contributed by atoms with Crippen LogP contribution in [0.15, 0.2) is 0 Å². The Morgan fingerprint density at radius 2 is 1.71 bits per heavy atom. The molecule has 17 heavy (non-hydrogen) atoms. The number of aliphatic hydroxyl groups is 1. The molecule has 0 bridgehead atoms. The minimum Gasteiger partial charge on any atom is -0.387 e.